The van der Waals surface area contributed by atoms with E-state index in [1.165, 1.54) is 16.8 Å². The van der Waals surface area contributed by atoms with Crippen molar-refractivity contribution in [2.24, 2.45) is 5.73 Å². The Balaban J connectivity index is 2.80. The number of benzene rings is 1. The SMILES string of the molecule is N=c1c(C(N)=O)cc(Cl)cn1-c1cccc(N)c1N. The van der Waals surface area contributed by atoms with Crippen LogP contribution in [0, 0.1) is 5.41 Å². The fourth-order valence-corrected chi connectivity index (χ4v) is 1.93. The number of nitrogens with two attached hydrogens (primary N) is 3. The number of carbonyl (C=O) groups excluding carboxylic acids is 1. The molecule has 1 heterocycles. The molecule has 0 bridgehead atoms. The van der Waals surface area contributed by atoms with Gasteiger partial charge in [0.1, 0.15) is 5.49 Å². The lowest BCUT2D eigenvalue weighted by Gasteiger charge is -2.13. The van der Waals surface area contributed by atoms with Crippen molar-refractivity contribution in [3.8, 4) is 5.69 Å². The maximum Gasteiger partial charge on any atom is 0.252 e. The van der Waals surface area contributed by atoms with Crippen LogP contribution in [0.15, 0.2) is 30.5 Å². The normalized spacial score (nSPS) is 10.4. The van der Waals surface area contributed by atoms with Crippen LogP contribution in [0.5, 0.6) is 0 Å². The van der Waals surface area contributed by atoms with Gasteiger partial charge < -0.3 is 17.2 Å². The highest BCUT2D eigenvalue weighted by atomic mass is 35.5. The van der Waals surface area contributed by atoms with Crippen molar-refractivity contribution in [2.75, 3.05) is 11.5 Å². The number of nitrogens with zero attached hydrogens (tertiary/aromatic N) is 1. The Labute approximate surface area is 113 Å². The standard InChI is InChI=1S/C12H12ClN5O/c13-6-4-7(12(17)19)11(16)18(5-6)9-3-1-2-8(14)10(9)15/h1-5,16H,14-15H2,(H2,17,19). The third kappa shape index (κ3) is 2.25. The van der Waals surface area contributed by atoms with Crippen LogP contribution in [0.4, 0.5) is 11.4 Å². The minimum atomic E-state index is -0.733. The number of rotatable bonds is 2. The van der Waals surface area contributed by atoms with Gasteiger partial charge in [-0.2, -0.15) is 0 Å². The van der Waals surface area contributed by atoms with Crippen molar-refractivity contribution in [1.29, 1.82) is 5.41 Å². The summed E-state index contributed by atoms with van der Waals surface area (Å²) in [6.45, 7) is 0. The highest BCUT2D eigenvalue weighted by Gasteiger charge is 2.11. The van der Waals surface area contributed by atoms with E-state index in [2.05, 4.69) is 0 Å². The highest BCUT2D eigenvalue weighted by molar-refractivity contribution is 6.30. The molecule has 0 saturated heterocycles. The molecule has 1 aromatic heterocycles. The molecule has 0 aliphatic rings. The number of nitrogen functional groups attached to an aromatic ring is 2. The lowest BCUT2D eigenvalue weighted by Crippen LogP contribution is -2.29. The Hall–Kier alpha value is -2.47. The summed E-state index contributed by atoms with van der Waals surface area (Å²) >= 11 is 5.92. The van der Waals surface area contributed by atoms with E-state index in [4.69, 9.17) is 34.2 Å². The predicted molar refractivity (Wildman–Crippen MR) is 74.0 cm³/mol. The molecule has 0 spiro atoms. The molecule has 98 valence electrons. The maximum atomic E-state index is 11.3. The Morgan fingerprint density at radius 1 is 1.32 bits per heavy atom. The molecule has 0 aliphatic heterocycles. The second-order valence-electron chi connectivity index (χ2n) is 3.93. The molecule has 1 amide bonds. The van der Waals surface area contributed by atoms with E-state index >= 15 is 0 Å². The molecule has 2 aromatic rings. The summed E-state index contributed by atoms with van der Waals surface area (Å²) in [7, 11) is 0. The first-order valence-corrected chi connectivity index (χ1v) is 5.70. The number of anilines is 2. The Morgan fingerprint density at radius 3 is 2.63 bits per heavy atom. The van der Waals surface area contributed by atoms with E-state index in [0.29, 0.717) is 17.1 Å². The van der Waals surface area contributed by atoms with E-state index in [-0.39, 0.29) is 16.1 Å². The first-order chi connectivity index (χ1) is 8.91. The largest absolute Gasteiger partial charge is 0.397 e. The quantitative estimate of drug-likeness (QED) is 0.609. The number of para-hydroxylation sites is 1. The summed E-state index contributed by atoms with van der Waals surface area (Å²) < 4.78 is 1.37. The van der Waals surface area contributed by atoms with Gasteiger partial charge in [-0.15, -0.1) is 0 Å². The Bertz CT molecular complexity index is 723. The monoisotopic (exact) mass is 277 g/mol. The van der Waals surface area contributed by atoms with Gasteiger partial charge in [-0.3, -0.25) is 14.8 Å². The van der Waals surface area contributed by atoms with E-state index in [1.807, 2.05) is 0 Å². The molecule has 0 saturated carbocycles. The zero-order valence-corrected chi connectivity index (χ0v) is 10.6. The molecule has 1 aromatic carbocycles. The van der Waals surface area contributed by atoms with Gasteiger partial charge in [0.15, 0.2) is 0 Å². The van der Waals surface area contributed by atoms with E-state index in [0.717, 1.165) is 0 Å². The number of nitrogens with one attached hydrogen (secondary N) is 1. The fourth-order valence-electron chi connectivity index (χ4n) is 1.72. The molecule has 0 radical (unpaired) electrons. The van der Waals surface area contributed by atoms with Crippen LogP contribution in [0.3, 0.4) is 0 Å². The first-order valence-electron chi connectivity index (χ1n) is 5.32. The zero-order chi connectivity index (χ0) is 14.2. The van der Waals surface area contributed by atoms with Gasteiger partial charge in [0, 0.05) is 6.20 Å². The summed E-state index contributed by atoms with van der Waals surface area (Å²) in [4.78, 5) is 11.3. The minimum Gasteiger partial charge on any atom is -0.397 e. The molecule has 19 heavy (non-hydrogen) atoms. The predicted octanol–water partition coefficient (Wildman–Crippen LogP) is 0.873. The Kier molecular flexibility index (Phi) is 3.18. The van der Waals surface area contributed by atoms with Crippen LogP contribution in [0.25, 0.3) is 5.69 Å². The number of carbonyl (C=O) groups is 1. The van der Waals surface area contributed by atoms with Crippen molar-refractivity contribution in [1.82, 2.24) is 4.57 Å². The average molecular weight is 278 g/mol. The van der Waals surface area contributed by atoms with E-state index in [1.54, 1.807) is 18.2 Å². The average Bonchev–Trinajstić information content (AvgIpc) is 2.35. The van der Waals surface area contributed by atoms with Gasteiger partial charge in [-0.25, -0.2) is 0 Å². The van der Waals surface area contributed by atoms with Crippen molar-refractivity contribution in [3.63, 3.8) is 0 Å². The second-order valence-corrected chi connectivity index (χ2v) is 4.37. The zero-order valence-electron chi connectivity index (χ0n) is 9.85. The van der Waals surface area contributed by atoms with Crippen molar-refractivity contribution in [2.45, 2.75) is 0 Å². The number of hydrogen-bond acceptors (Lipinski definition) is 4. The van der Waals surface area contributed by atoms with Crippen LogP contribution in [0.2, 0.25) is 5.02 Å². The molecule has 0 unspecified atom stereocenters. The number of amides is 1. The lowest BCUT2D eigenvalue weighted by molar-refractivity contribution is 0.0998. The topological polar surface area (TPSA) is 124 Å². The van der Waals surface area contributed by atoms with Gasteiger partial charge in [0.2, 0.25) is 0 Å². The third-order valence-electron chi connectivity index (χ3n) is 2.67. The molecule has 2 rings (SSSR count). The molecule has 0 atom stereocenters. The molecular weight excluding hydrogens is 266 g/mol. The smallest absolute Gasteiger partial charge is 0.252 e. The van der Waals surface area contributed by atoms with Crippen molar-refractivity contribution < 1.29 is 4.79 Å². The summed E-state index contributed by atoms with van der Waals surface area (Å²) in [6, 6.07) is 6.34. The summed E-state index contributed by atoms with van der Waals surface area (Å²) in [5, 5.41) is 8.26. The number of pyridine rings is 1. The van der Waals surface area contributed by atoms with Gasteiger partial charge >= 0.3 is 0 Å². The first kappa shape index (κ1) is 13.0. The van der Waals surface area contributed by atoms with Crippen LogP contribution < -0.4 is 22.7 Å². The van der Waals surface area contributed by atoms with Crippen molar-refractivity contribution in [3.05, 3.63) is 46.5 Å². The van der Waals surface area contributed by atoms with Crippen LogP contribution >= 0.6 is 11.6 Å². The molecule has 0 aliphatic carbocycles. The molecule has 7 heteroatoms. The lowest BCUT2D eigenvalue weighted by atomic mass is 10.2. The third-order valence-corrected chi connectivity index (χ3v) is 2.88. The summed E-state index contributed by atoms with van der Waals surface area (Å²) in [5.74, 6) is -0.733. The second kappa shape index (κ2) is 4.66. The molecule has 0 fully saturated rings. The molecule has 6 nitrogen and oxygen atoms in total. The van der Waals surface area contributed by atoms with Crippen LogP contribution in [-0.2, 0) is 0 Å². The van der Waals surface area contributed by atoms with E-state index in [9.17, 15) is 4.79 Å². The molecular formula is C12H12ClN5O. The van der Waals surface area contributed by atoms with Gasteiger partial charge in [0.25, 0.3) is 5.91 Å². The van der Waals surface area contributed by atoms with Gasteiger partial charge in [-0.1, -0.05) is 17.7 Å². The van der Waals surface area contributed by atoms with E-state index < -0.39 is 5.91 Å². The van der Waals surface area contributed by atoms with Crippen molar-refractivity contribution >= 4 is 28.9 Å². The van der Waals surface area contributed by atoms with Crippen LogP contribution in [-0.4, -0.2) is 10.5 Å². The Morgan fingerprint density at radius 2 is 2.00 bits per heavy atom. The maximum absolute atomic E-state index is 11.3. The minimum absolute atomic E-state index is 0.00863. The van der Waals surface area contributed by atoms with Gasteiger partial charge in [-0.05, 0) is 18.2 Å². The fraction of sp³-hybridized carbons (Fsp3) is 0. The number of primary amides is 1. The summed E-state index contributed by atoms with van der Waals surface area (Å²) in [5.41, 5.74) is 17.9. The number of hydrogen-bond donors (Lipinski definition) is 4. The highest BCUT2D eigenvalue weighted by Crippen LogP contribution is 2.23. The number of halogens is 1. The van der Waals surface area contributed by atoms with Gasteiger partial charge in [0.05, 0.1) is 27.6 Å². The van der Waals surface area contributed by atoms with Crippen LogP contribution in [0.1, 0.15) is 10.4 Å². The summed E-state index contributed by atoms with van der Waals surface area (Å²) in [6.07, 6.45) is 1.47. The molecule has 7 N–H and O–H groups in total. The number of aromatic nitrogens is 1.